The number of fused-ring (bicyclic) bond motifs is 1. The van der Waals surface area contributed by atoms with Crippen LogP contribution in [0.2, 0.25) is 0 Å². The first-order valence-corrected chi connectivity index (χ1v) is 6.67. The predicted octanol–water partition coefficient (Wildman–Crippen LogP) is 1.58. The normalized spacial score (nSPS) is 13.8. The number of nitrogens with one attached hydrogen (secondary N) is 2. The Labute approximate surface area is 100 Å². The van der Waals surface area contributed by atoms with Crippen molar-refractivity contribution in [1.29, 1.82) is 0 Å². The first-order valence-electron chi connectivity index (χ1n) is 5.85. The summed E-state index contributed by atoms with van der Waals surface area (Å²) in [6, 6.07) is 2.07. The van der Waals surface area contributed by atoms with E-state index in [-0.39, 0.29) is 5.91 Å². The second kappa shape index (κ2) is 5.46. The van der Waals surface area contributed by atoms with Crippen molar-refractivity contribution >= 4 is 17.2 Å². The minimum atomic E-state index is 0.0931. The summed E-state index contributed by atoms with van der Waals surface area (Å²) < 4.78 is 0. The van der Waals surface area contributed by atoms with E-state index >= 15 is 0 Å². The number of aryl methyl sites for hydroxylation is 2. The first kappa shape index (κ1) is 11.6. The lowest BCUT2D eigenvalue weighted by atomic mass is 10.2. The Kier molecular flexibility index (Phi) is 3.96. The van der Waals surface area contributed by atoms with Crippen molar-refractivity contribution < 1.29 is 4.79 Å². The molecule has 3 nitrogen and oxygen atoms in total. The molecule has 4 heteroatoms. The van der Waals surface area contributed by atoms with Gasteiger partial charge in [0, 0.05) is 11.4 Å². The number of hydrogen-bond donors (Lipinski definition) is 2. The van der Waals surface area contributed by atoms with E-state index in [1.165, 1.54) is 16.9 Å². The molecule has 0 spiro atoms. The highest BCUT2D eigenvalue weighted by Gasteiger charge is 2.17. The van der Waals surface area contributed by atoms with Gasteiger partial charge in [0.15, 0.2) is 0 Å². The van der Waals surface area contributed by atoms with Crippen LogP contribution in [0.25, 0.3) is 0 Å². The minimum Gasteiger partial charge on any atom is -0.351 e. The number of thiophene rings is 1. The molecule has 2 N–H and O–H groups in total. The monoisotopic (exact) mass is 238 g/mol. The van der Waals surface area contributed by atoms with Gasteiger partial charge in [0.05, 0.1) is 4.88 Å². The molecule has 88 valence electrons. The number of carbonyl (C=O) groups is 1. The molecule has 0 atom stereocenters. The molecule has 1 amide bonds. The number of hydrogen-bond acceptors (Lipinski definition) is 3. The van der Waals surface area contributed by atoms with Crippen LogP contribution in [0.1, 0.15) is 33.0 Å². The van der Waals surface area contributed by atoms with Crippen LogP contribution < -0.4 is 10.6 Å². The van der Waals surface area contributed by atoms with Crippen LogP contribution >= 0.6 is 11.3 Å². The van der Waals surface area contributed by atoms with E-state index in [1.54, 1.807) is 11.3 Å². The fraction of sp³-hybridized carbons (Fsp3) is 0.583. The van der Waals surface area contributed by atoms with Gasteiger partial charge in [-0.3, -0.25) is 4.79 Å². The maximum absolute atomic E-state index is 11.8. The van der Waals surface area contributed by atoms with Crippen LogP contribution in [0.15, 0.2) is 6.07 Å². The van der Waals surface area contributed by atoms with Gasteiger partial charge >= 0.3 is 0 Å². The number of rotatable bonds is 5. The van der Waals surface area contributed by atoms with Crippen molar-refractivity contribution in [2.45, 2.75) is 25.7 Å². The molecule has 0 aliphatic heterocycles. The number of carbonyl (C=O) groups excluding carboxylic acids is 1. The zero-order chi connectivity index (χ0) is 11.4. The molecule has 2 rings (SSSR count). The third kappa shape index (κ3) is 2.62. The van der Waals surface area contributed by atoms with E-state index in [9.17, 15) is 4.79 Å². The highest BCUT2D eigenvalue weighted by molar-refractivity contribution is 7.14. The fourth-order valence-electron chi connectivity index (χ4n) is 2.00. The van der Waals surface area contributed by atoms with Crippen molar-refractivity contribution in [3.8, 4) is 0 Å². The lowest BCUT2D eigenvalue weighted by molar-refractivity contribution is 0.0957. The Hall–Kier alpha value is -0.870. The Bertz CT molecular complexity index is 352. The fourth-order valence-corrected chi connectivity index (χ4v) is 3.17. The van der Waals surface area contributed by atoms with Gasteiger partial charge in [-0.05, 0) is 50.9 Å². The topological polar surface area (TPSA) is 41.1 Å². The van der Waals surface area contributed by atoms with Gasteiger partial charge in [0.2, 0.25) is 0 Å². The Morgan fingerprint density at radius 2 is 2.31 bits per heavy atom. The van der Waals surface area contributed by atoms with E-state index in [0.717, 1.165) is 37.2 Å². The van der Waals surface area contributed by atoms with Gasteiger partial charge in [-0.15, -0.1) is 11.3 Å². The molecule has 1 aliphatic carbocycles. The lowest BCUT2D eigenvalue weighted by Gasteiger charge is -2.02. The third-order valence-electron chi connectivity index (χ3n) is 2.86. The minimum absolute atomic E-state index is 0.0931. The molecule has 0 bridgehead atoms. The smallest absolute Gasteiger partial charge is 0.261 e. The van der Waals surface area contributed by atoms with Crippen LogP contribution in [0, 0.1) is 0 Å². The molecule has 0 saturated heterocycles. The van der Waals surface area contributed by atoms with Crippen LogP contribution in [0.4, 0.5) is 0 Å². The molecule has 0 saturated carbocycles. The quantitative estimate of drug-likeness (QED) is 0.765. The van der Waals surface area contributed by atoms with E-state index in [2.05, 4.69) is 16.7 Å². The van der Waals surface area contributed by atoms with Crippen molar-refractivity contribution in [2.24, 2.45) is 0 Å². The zero-order valence-corrected chi connectivity index (χ0v) is 10.5. The molecule has 0 aromatic carbocycles. The maximum Gasteiger partial charge on any atom is 0.261 e. The molecule has 1 aromatic heterocycles. The standard InChI is InChI=1S/C12H18N2OS/c1-13-6-3-7-14-12(15)11-8-9-4-2-5-10(9)16-11/h8,13H,2-7H2,1H3,(H,14,15). The third-order valence-corrected chi connectivity index (χ3v) is 4.10. The molecule has 0 radical (unpaired) electrons. The summed E-state index contributed by atoms with van der Waals surface area (Å²) in [5, 5.41) is 6.02. The van der Waals surface area contributed by atoms with Crippen molar-refractivity contribution in [2.75, 3.05) is 20.1 Å². The molecule has 0 unspecified atom stereocenters. The molecule has 1 aromatic rings. The predicted molar refractivity (Wildman–Crippen MR) is 67.2 cm³/mol. The highest BCUT2D eigenvalue weighted by Crippen LogP contribution is 2.30. The van der Waals surface area contributed by atoms with Crippen molar-refractivity contribution in [3.63, 3.8) is 0 Å². The van der Waals surface area contributed by atoms with Crippen molar-refractivity contribution in [1.82, 2.24) is 10.6 Å². The maximum atomic E-state index is 11.8. The summed E-state index contributed by atoms with van der Waals surface area (Å²) in [7, 11) is 1.92. The lowest BCUT2D eigenvalue weighted by Crippen LogP contribution is -2.25. The second-order valence-corrected chi connectivity index (χ2v) is 5.26. The second-order valence-electron chi connectivity index (χ2n) is 4.13. The molecule has 1 heterocycles. The van der Waals surface area contributed by atoms with Gasteiger partial charge in [0.1, 0.15) is 0 Å². The highest BCUT2D eigenvalue weighted by atomic mass is 32.1. The summed E-state index contributed by atoms with van der Waals surface area (Å²) in [6.45, 7) is 1.70. The van der Waals surface area contributed by atoms with Crippen LogP contribution in [0.3, 0.4) is 0 Å². The van der Waals surface area contributed by atoms with Crippen LogP contribution in [0.5, 0.6) is 0 Å². The van der Waals surface area contributed by atoms with Gasteiger partial charge in [-0.2, -0.15) is 0 Å². The molecule has 1 aliphatic rings. The van der Waals surface area contributed by atoms with Crippen LogP contribution in [-0.4, -0.2) is 26.0 Å². The van der Waals surface area contributed by atoms with Gasteiger partial charge < -0.3 is 10.6 Å². The summed E-state index contributed by atoms with van der Waals surface area (Å²) in [5.74, 6) is 0.0931. The average Bonchev–Trinajstić information content (AvgIpc) is 2.83. The first-order chi connectivity index (χ1) is 7.81. The van der Waals surface area contributed by atoms with Gasteiger partial charge in [0.25, 0.3) is 5.91 Å². The number of amides is 1. The van der Waals surface area contributed by atoms with Crippen molar-refractivity contribution in [3.05, 3.63) is 21.4 Å². The molecular formula is C12H18N2OS. The summed E-state index contributed by atoms with van der Waals surface area (Å²) in [4.78, 5) is 14.1. The summed E-state index contributed by atoms with van der Waals surface area (Å²) in [5.41, 5.74) is 1.39. The van der Waals surface area contributed by atoms with E-state index in [4.69, 9.17) is 0 Å². The Morgan fingerprint density at radius 1 is 1.44 bits per heavy atom. The SMILES string of the molecule is CNCCCNC(=O)c1cc2c(s1)CCC2. The van der Waals surface area contributed by atoms with E-state index in [0.29, 0.717) is 0 Å². The van der Waals surface area contributed by atoms with E-state index in [1.807, 2.05) is 7.05 Å². The zero-order valence-electron chi connectivity index (χ0n) is 9.64. The van der Waals surface area contributed by atoms with Gasteiger partial charge in [-0.1, -0.05) is 0 Å². The Balaban J connectivity index is 1.84. The summed E-state index contributed by atoms with van der Waals surface area (Å²) >= 11 is 1.67. The average molecular weight is 238 g/mol. The summed E-state index contributed by atoms with van der Waals surface area (Å²) in [6.07, 6.45) is 4.55. The molecule has 16 heavy (non-hydrogen) atoms. The van der Waals surface area contributed by atoms with Crippen LogP contribution in [-0.2, 0) is 12.8 Å². The van der Waals surface area contributed by atoms with Gasteiger partial charge in [-0.25, -0.2) is 0 Å². The molecular weight excluding hydrogens is 220 g/mol. The van der Waals surface area contributed by atoms with E-state index < -0.39 is 0 Å². The Morgan fingerprint density at radius 3 is 3.06 bits per heavy atom. The largest absolute Gasteiger partial charge is 0.351 e. The molecule has 0 fully saturated rings.